The number of piperazine rings is 1. The number of primary amides is 1. The summed E-state index contributed by atoms with van der Waals surface area (Å²) in [5, 5.41) is 2.48. The predicted octanol–water partition coefficient (Wildman–Crippen LogP) is -0.585. The van der Waals surface area contributed by atoms with Crippen LogP contribution in [0.25, 0.3) is 0 Å². The van der Waals surface area contributed by atoms with Crippen molar-refractivity contribution in [2.45, 2.75) is 6.92 Å². The lowest BCUT2D eigenvalue weighted by Crippen LogP contribution is -2.52. The molecule has 0 atom stereocenters. The van der Waals surface area contributed by atoms with Gasteiger partial charge in [-0.1, -0.05) is 0 Å². The van der Waals surface area contributed by atoms with Gasteiger partial charge in [-0.15, -0.1) is 0 Å². The quantitative estimate of drug-likeness (QED) is 0.710. The highest BCUT2D eigenvalue weighted by Crippen LogP contribution is 2.10. The van der Waals surface area contributed by atoms with Gasteiger partial charge in [0.05, 0.1) is 0 Å². The van der Waals surface area contributed by atoms with E-state index in [9.17, 15) is 19.2 Å². The minimum absolute atomic E-state index is 0.0453. The highest BCUT2D eigenvalue weighted by molar-refractivity contribution is 6.39. The van der Waals surface area contributed by atoms with Crippen molar-refractivity contribution in [1.29, 1.82) is 0 Å². The third-order valence-corrected chi connectivity index (χ3v) is 3.63. The van der Waals surface area contributed by atoms with Crippen LogP contribution < -0.4 is 11.1 Å². The Balaban J connectivity index is 1.91. The van der Waals surface area contributed by atoms with Crippen LogP contribution in [0.4, 0.5) is 5.69 Å². The van der Waals surface area contributed by atoms with Crippen molar-refractivity contribution in [3.05, 3.63) is 29.8 Å². The van der Waals surface area contributed by atoms with Gasteiger partial charge in [-0.25, -0.2) is 0 Å². The molecule has 0 radical (unpaired) electrons. The fraction of sp³-hybridized carbons (Fsp3) is 0.333. The number of nitrogens with zero attached hydrogens (tertiary/aromatic N) is 2. The number of rotatable bonds is 2. The third kappa shape index (κ3) is 4.06. The molecule has 1 saturated heterocycles. The maximum absolute atomic E-state index is 12.1. The average molecular weight is 318 g/mol. The van der Waals surface area contributed by atoms with Crippen molar-refractivity contribution in [3.63, 3.8) is 0 Å². The Morgan fingerprint density at radius 1 is 0.957 bits per heavy atom. The fourth-order valence-corrected chi connectivity index (χ4v) is 2.27. The highest BCUT2D eigenvalue weighted by Gasteiger charge is 2.26. The molecule has 1 heterocycles. The minimum Gasteiger partial charge on any atom is -0.366 e. The maximum Gasteiger partial charge on any atom is 0.313 e. The van der Waals surface area contributed by atoms with Crippen molar-refractivity contribution in [2.75, 3.05) is 31.5 Å². The molecule has 2 rings (SSSR count). The van der Waals surface area contributed by atoms with E-state index in [-0.39, 0.29) is 5.91 Å². The van der Waals surface area contributed by atoms with E-state index in [1.54, 1.807) is 4.90 Å². The van der Waals surface area contributed by atoms with Crippen LogP contribution in [0.1, 0.15) is 17.3 Å². The van der Waals surface area contributed by atoms with Crippen LogP contribution >= 0.6 is 0 Å². The number of carbonyl (C=O) groups is 4. The van der Waals surface area contributed by atoms with Crippen molar-refractivity contribution in [1.82, 2.24) is 9.80 Å². The van der Waals surface area contributed by atoms with E-state index < -0.39 is 17.7 Å². The Morgan fingerprint density at radius 3 is 1.96 bits per heavy atom. The SMILES string of the molecule is CC(=O)N1CCN(C(=O)C(=O)Nc2ccc(C(N)=O)cc2)CC1. The van der Waals surface area contributed by atoms with Gasteiger partial charge in [0.25, 0.3) is 0 Å². The molecule has 0 unspecified atom stereocenters. The molecule has 3 N–H and O–H groups in total. The summed E-state index contributed by atoms with van der Waals surface area (Å²) in [6.45, 7) is 2.96. The van der Waals surface area contributed by atoms with E-state index in [0.717, 1.165) is 0 Å². The zero-order valence-electron chi connectivity index (χ0n) is 12.7. The summed E-state index contributed by atoms with van der Waals surface area (Å²) < 4.78 is 0. The van der Waals surface area contributed by atoms with Crippen molar-refractivity contribution in [2.24, 2.45) is 5.73 Å². The summed E-state index contributed by atoms with van der Waals surface area (Å²) in [6.07, 6.45) is 0. The molecule has 0 bridgehead atoms. The topological polar surface area (TPSA) is 113 Å². The van der Waals surface area contributed by atoms with Crippen LogP contribution in [0, 0.1) is 0 Å². The monoisotopic (exact) mass is 318 g/mol. The first-order valence-corrected chi connectivity index (χ1v) is 7.14. The summed E-state index contributed by atoms with van der Waals surface area (Å²) in [7, 11) is 0. The molecular formula is C15H18N4O4. The molecule has 8 nitrogen and oxygen atoms in total. The van der Waals surface area contributed by atoms with Gasteiger partial charge in [-0.3, -0.25) is 19.2 Å². The number of nitrogens with one attached hydrogen (secondary N) is 1. The van der Waals surface area contributed by atoms with Crippen molar-refractivity contribution >= 4 is 29.3 Å². The van der Waals surface area contributed by atoms with Crippen LogP contribution in [0.2, 0.25) is 0 Å². The smallest absolute Gasteiger partial charge is 0.313 e. The van der Waals surface area contributed by atoms with Crippen molar-refractivity contribution in [3.8, 4) is 0 Å². The van der Waals surface area contributed by atoms with Crippen LogP contribution in [0.5, 0.6) is 0 Å². The van der Waals surface area contributed by atoms with Crippen molar-refractivity contribution < 1.29 is 19.2 Å². The Labute approximate surface area is 133 Å². The summed E-state index contributed by atoms with van der Waals surface area (Å²) >= 11 is 0. The molecule has 4 amide bonds. The fourth-order valence-electron chi connectivity index (χ4n) is 2.27. The van der Waals surface area contributed by atoms with Gasteiger partial charge in [0.15, 0.2) is 0 Å². The summed E-state index contributed by atoms with van der Waals surface area (Å²) in [4.78, 5) is 49.3. The van der Waals surface area contributed by atoms with Crippen LogP contribution in [-0.4, -0.2) is 59.6 Å². The first-order valence-electron chi connectivity index (χ1n) is 7.14. The van der Waals surface area contributed by atoms with Gasteiger partial charge in [0, 0.05) is 44.4 Å². The van der Waals surface area contributed by atoms with E-state index in [0.29, 0.717) is 37.4 Å². The molecule has 1 aliphatic rings. The molecule has 0 saturated carbocycles. The predicted molar refractivity (Wildman–Crippen MR) is 82.4 cm³/mol. The lowest BCUT2D eigenvalue weighted by molar-refractivity contribution is -0.145. The second-order valence-electron chi connectivity index (χ2n) is 5.19. The standard InChI is InChI=1S/C15H18N4O4/c1-10(20)18-6-8-19(9-7-18)15(23)14(22)17-12-4-2-11(3-5-12)13(16)21/h2-5H,6-9H2,1H3,(H2,16,21)(H,17,22). The van der Waals surface area contributed by atoms with Crippen LogP contribution in [-0.2, 0) is 14.4 Å². The number of anilines is 1. The Hall–Kier alpha value is -2.90. The molecule has 122 valence electrons. The summed E-state index contributed by atoms with van der Waals surface area (Å²) in [6, 6.07) is 5.93. The summed E-state index contributed by atoms with van der Waals surface area (Å²) in [5.74, 6) is -2.02. The molecule has 23 heavy (non-hydrogen) atoms. The Morgan fingerprint density at radius 2 is 1.48 bits per heavy atom. The molecule has 1 aromatic rings. The zero-order chi connectivity index (χ0) is 17.0. The largest absolute Gasteiger partial charge is 0.366 e. The van der Waals surface area contributed by atoms with E-state index in [2.05, 4.69) is 5.32 Å². The van der Waals surface area contributed by atoms with E-state index in [4.69, 9.17) is 5.73 Å². The van der Waals surface area contributed by atoms with Crippen LogP contribution in [0.3, 0.4) is 0 Å². The molecule has 0 spiro atoms. The number of nitrogens with two attached hydrogens (primary N) is 1. The van der Waals surface area contributed by atoms with Gasteiger partial charge in [0.2, 0.25) is 11.8 Å². The lowest BCUT2D eigenvalue weighted by atomic mass is 10.2. The average Bonchev–Trinajstić information content (AvgIpc) is 2.54. The molecule has 0 aromatic heterocycles. The zero-order valence-corrected chi connectivity index (χ0v) is 12.7. The van der Waals surface area contributed by atoms with Gasteiger partial charge >= 0.3 is 11.8 Å². The normalized spacial score (nSPS) is 14.3. The number of hydrogen-bond acceptors (Lipinski definition) is 4. The molecule has 1 aromatic carbocycles. The first-order chi connectivity index (χ1) is 10.9. The number of carbonyl (C=O) groups excluding carboxylic acids is 4. The summed E-state index contributed by atoms with van der Waals surface area (Å²) in [5.41, 5.74) is 5.84. The second kappa shape index (κ2) is 6.91. The van der Waals surface area contributed by atoms with E-state index >= 15 is 0 Å². The highest BCUT2D eigenvalue weighted by atomic mass is 16.2. The number of hydrogen-bond donors (Lipinski definition) is 2. The molecule has 8 heteroatoms. The molecule has 1 fully saturated rings. The van der Waals surface area contributed by atoms with Gasteiger partial charge in [0.1, 0.15) is 0 Å². The van der Waals surface area contributed by atoms with Gasteiger partial charge in [-0.05, 0) is 24.3 Å². The Bertz CT molecular complexity index is 633. The molecule has 1 aliphatic heterocycles. The Kier molecular flexibility index (Phi) is 4.95. The molecular weight excluding hydrogens is 300 g/mol. The van der Waals surface area contributed by atoms with E-state index in [1.165, 1.54) is 36.1 Å². The van der Waals surface area contributed by atoms with Crippen LogP contribution in [0.15, 0.2) is 24.3 Å². The first kappa shape index (κ1) is 16.5. The van der Waals surface area contributed by atoms with Gasteiger partial charge < -0.3 is 20.9 Å². The molecule has 0 aliphatic carbocycles. The lowest BCUT2D eigenvalue weighted by Gasteiger charge is -2.33. The second-order valence-corrected chi connectivity index (χ2v) is 5.19. The number of benzene rings is 1. The third-order valence-electron chi connectivity index (χ3n) is 3.63. The number of amides is 4. The maximum atomic E-state index is 12.1. The minimum atomic E-state index is -0.756. The van der Waals surface area contributed by atoms with Gasteiger partial charge in [-0.2, -0.15) is 0 Å². The van der Waals surface area contributed by atoms with E-state index in [1.807, 2.05) is 0 Å².